The lowest BCUT2D eigenvalue weighted by Gasteiger charge is -2.19. The Morgan fingerprint density at radius 3 is 2.54 bits per heavy atom. The summed E-state index contributed by atoms with van der Waals surface area (Å²) in [5, 5.41) is 26.3. The normalized spacial score (nSPS) is 27.7. The van der Waals surface area contributed by atoms with Crippen LogP contribution in [0.4, 0.5) is 0 Å². The van der Waals surface area contributed by atoms with Crippen molar-refractivity contribution in [3.63, 3.8) is 0 Å². The zero-order valence-electron chi connectivity index (χ0n) is 6.88. The van der Waals surface area contributed by atoms with Gasteiger partial charge in [-0.15, -0.1) is 0 Å². The van der Waals surface area contributed by atoms with Crippen LogP contribution in [0.1, 0.15) is 6.42 Å². The number of amides is 1. The predicted octanol–water partition coefficient (Wildman–Crippen LogP) is -1.97. The van der Waals surface area contributed by atoms with Crippen molar-refractivity contribution < 1.29 is 24.9 Å². The average molecular weight is 189 g/mol. The summed E-state index contributed by atoms with van der Waals surface area (Å²) in [6.07, 6.45) is -0.780. The second-order valence-corrected chi connectivity index (χ2v) is 2.95. The van der Waals surface area contributed by atoms with Crippen molar-refractivity contribution in [2.75, 3.05) is 13.2 Å². The molecule has 0 saturated carbocycles. The number of carbonyl (C=O) groups excluding carboxylic acids is 1. The second-order valence-electron chi connectivity index (χ2n) is 2.95. The van der Waals surface area contributed by atoms with E-state index in [-0.39, 0.29) is 13.0 Å². The van der Waals surface area contributed by atoms with E-state index in [1.54, 1.807) is 0 Å². The van der Waals surface area contributed by atoms with E-state index < -0.39 is 30.6 Å². The number of carboxylic acids is 1. The summed E-state index contributed by atoms with van der Waals surface area (Å²) in [7, 11) is 0. The molecule has 6 heteroatoms. The highest BCUT2D eigenvalue weighted by atomic mass is 16.4. The molecule has 1 unspecified atom stereocenters. The third-order valence-corrected chi connectivity index (χ3v) is 2.02. The van der Waals surface area contributed by atoms with Crippen molar-refractivity contribution in [3.05, 3.63) is 0 Å². The molecule has 1 amide bonds. The van der Waals surface area contributed by atoms with Crippen LogP contribution in [-0.2, 0) is 9.59 Å². The molecule has 1 heterocycles. The molecule has 6 nitrogen and oxygen atoms in total. The van der Waals surface area contributed by atoms with E-state index in [1.807, 2.05) is 0 Å². The molecule has 1 fully saturated rings. The molecule has 0 spiro atoms. The molecule has 1 aliphatic heterocycles. The SMILES string of the molecule is O=C(O)[C@@H]1CC(O)CN1C(=O)CO. The molecular formula is C7H11NO5. The number of hydrogen-bond donors (Lipinski definition) is 3. The smallest absolute Gasteiger partial charge is 0.326 e. The Labute approximate surface area is 74.4 Å². The summed E-state index contributed by atoms with van der Waals surface area (Å²) in [5.74, 6) is -1.82. The predicted molar refractivity (Wildman–Crippen MR) is 40.8 cm³/mol. The van der Waals surface area contributed by atoms with E-state index in [2.05, 4.69) is 0 Å². The summed E-state index contributed by atoms with van der Waals surface area (Å²) in [6, 6.07) is -1.00. The fourth-order valence-electron chi connectivity index (χ4n) is 1.41. The van der Waals surface area contributed by atoms with E-state index in [4.69, 9.17) is 15.3 Å². The van der Waals surface area contributed by atoms with Gasteiger partial charge < -0.3 is 20.2 Å². The van der Waals surface area contributed by atoms with Gasteiger partial charge in [-0.2, -0.15) is 0 Å². The van der Waals surface area contributed by atoms with Crippen LogP contribution < -0.4 is 0 Å². The monoisotopic (exact) mass is 189 g/mol. The topological polar surface area (TPSA) is 98.1 Å². The minimum Gasteiger partial charge on any atom is -0.480 e. The Morgan fingerprint density at radius 2 is 2.08 bits per heavy atom. The maximum absolute atomic E-state index is 11.0. The Bertz CT molecular complexity index is 229. The van der Waals surface area contributed by atoms with E-state index in [9.17, 15) is 9.59 Å². The average Bonchev–Trinajstić information content (AvgIpc) is 2.46. The van der Waals surface area contributed by atoms with Crippen LogP contribution >= 0.6 is 0 Å². The number of nitrogens with zero attached hydrogens (tertiary/aromatic N) is 1. The third kappa shape index (κ3) is 1.96. The first kappa shape index (κ1) is 9.94. The van der Waals surface area contributed by atoms with E-state index in [1.165, 1.54) is 0 Å². The molecular weight excluding hydrogens is 178 g/mol. The summed E-state index contributed by atoms with van der Waals surface area (Å²) in [4.78, 5) is 22.5. The molecule has 0 aromatic rings. The van der Waals surface area contributed by atoms with Crippen molar-refractivity contribution >= 4 is 11.9 Å². The number of carboxylic acid groups (broad SMARTS) is 1. The maximum Gasteiger partial charge on any atom is 0.326 e. The fourth-order valence-corrected chi connectivity index (χ4v) is 1.41. The summed E-state index contributed by atoms with van der Waals surface area (Å²) >= 11 is 0. The first-order valence-electron chi connectivity index (χ1n) is 3.87. The van der Waals surface area contributed by atoms with Crippen molar-refractivity contribution in [1.82, 2.24) is 4.90 Å². The molecule has 0 bridgehead atoms. The Kier molecular flexibility index (Phi) is 2.84. The molecule has 74 valence electrons. The number of likely N-dealkylation sites (tertiary alicyclic amines) is 1. The van der Waals surface area contributed by atoms with Gasteiger partial charge in [0.05, 0.1) is 6.10 Å². The highest BCUT2D eigenvalue weighted by Crippen LogP contribution is 2.17. The molecule has 2 atom stereocenters. The minimum absolute atomic E-state index is 0.0175. The fraction of sp³-hybridized carbons (Fsp3) is 0.714. The van der Waals surface area contributed by atoms with E-state index in [0.29, 0.717) is 0 Å². The standard InChI is InChI=1S/C7H11NO5/c9-3-6(11)8-2-4(10)1-5(8)7(12)13/h4-5,9-10H,1-3H2,(H,12,13)/t4?,5-/m0/s1. The lowest BCUT2D eigenvalue weighted by molar-refractivity contribution is -0.149. The van der Waals surface area contributed by atoms with Crippen molar-refractivity contribution in [3.8, 4) is 0 Å². The number of β-amino-alcohol motifs (C(OH)–C–C–N with tert-alkyl or cyclic N) is 1. The number of hydrogen-bond acceptors (Lipinski definition) is 4. The third-order valence-electron chi connectivity index (χ3n) is 2.02. The van der Waals surface area contributed by atoms with Crippen LogP contribution in [0.15, 0.2) is 0 Å². The molecule has 0 aromatic carbocycles. The number of rotatable bonds is 2. The zero-order chi connectivity index (χ0) is 10.0. The minimum atomic E-state index is -1.15. The molecule has 0 aliphatic carbocycles. The van der Waals surface area contributed by atoms with Crippen molar-refractivity contribution in [2.24, 2.45) is 0 Å². The van der Waals surface area contributed by atoms with Crippen molar-refractivity contribution in [1.29, 1.82) is 0 Å². The Morgan fingerprint density at radius 1 is 1.46 bits per heavy atom. The van der Waals surface area contributed by atoms with E-state index >= 15 is 0 Å². The van der Waals surface area contributed by atoms with Crippen LogP contribution in [-0.4, -0.2) is 57.4 Å². The summed E-state index contributed by atoms with van der Waals surface area (Å²) < 4.78 is 0. The highest BCUT2D eigenvalue weighted by molar-refractivity contribution is 5.85. The molecule has 3 N–H and O–H groups in total. The van der Waals surface area contributed by atoms with Crippen LogP contribution in [0, 0.1) is 0 Å². The van der Waals surface area contributed by atoms with Gasteiger partial charge in [-0.1, -0.05) is 0 Å². The van der Waals surface area contributed by atoms with E-state index in [0.717, 1.165) is 4.90 Å². The number of aliphatic hydroxyl groups excluding tert-OH is 2. The lowest BCUT2D eigenvalue weighted by atomic mass is 10.2. The Balaban J connectivity index is 2.71. The first-order valence-corrected chi connectivity index (χ1v) is 3.87. The molecule has 1 aliphatic rings. The van der Waals surface area contributed by atoms with Gasteiger partial charge in [0.15, 0.2) is 0 Å². The largest absolute Gasteiger partial charge is 0.480 e. The van der Waals surface area contributed by atoms with Gasteiger partial charge >= 0.3 is 5.97 Å². The molecule has 13 heavy (non-hydrogen) atoms. The number of aliphatic hydroxyl groups is 2. The second kappa shape index (κ2) is 3.71. The van der Waals surface area contributed by atoms with Gasteiger partial charge in [-0.3, -0.25) is 4.79 Å². The van der Waals surface area contributed by atoms with Gasteiger partial charge in [-0.05, 0) is 0 Å². The van der Waals surface area contributed by atoms with Crippen molar-refractivity contribution in [2.45, 2.75) is 18.6 Å². The van der Waals surface area contributed by atoms with Crippen LogP contribution in [0.2, 0.25) is 0 Å². The molecule has 1 rings (SSSR count). The van der Waals surface area contributed by atoms with Gasteiger partial charge in [0.1, 0.15) is 12.6 Å². The molecule has 0 radical (unpaired) electrons. The Hall–Kier alpha value is -1.14. The molecule has 0 aromatic heterocycles. The highest BCUT2D eigenvalue weighted by Gasteiger charge is 2.38. The number of carbonyl (C=O) groups is 2. The summed E-state index contributed by atoms with van der Waals surface area (Å²) in [6.45, 7) is -0.743. The van der Waals surface area contributed by atoms with Crippen LogP contribution in [0.25, 0.3) is 0 Å². The quantitative estimate of drug-likeness (QED) is 0.468. The lowest BCUT2D eigenvalue weighted by Crippen LogP contribution is -2.41. The summed E-state index contributed by atoms with van der Waals surface area (Å²) in [5.41, 5.74) is 0. The molecule has 1 saturated heterocycles. The van der Waals surface area contributed by atoms with Crippen LogP contribution in [0.5, 0.6) is 0 Å². The van der Waals surface area contributed by atoms with Gasteiger partial charge in [0.2, 0.25) is 5.91 Å². The first-order chi connectivity index (χ1) is 6.06. The number of aliphatic carboxylic acids is 1. The van der Waals surface area contributed by atoms with Crippen LogP contribution in [0.3, 0.4) is 0 Å². The zero-order valence-corrected chi connectivity index (χ0v) is 6.88. The van der Waals surface area contributed by atoms with Gasteiger partial charge in [0.25, 0.3) is 0 Å². The van der Waals surface area contributed by atoms with Gasteiger partial charge in [-0.25, -0.2) is 4.79 Å². The maximum atomic E-state index is 11.0. The van der Waals surface area contributed by atoms with Gasteiger partial charge in [0, 0.05) is 13.0 Å².